The molecular formula is C19H15N3O3. The van der Waals surface area contributed by atoms with Gasteiger partial charge < -0.3 is 4.52 Å². The van der Waals surface area contributed by atoms with Gasteiger partial charge in [-0.3, -0.25) is 14.5 Å². The maximum Gasteiger partial charge on any atom is 0.262 e. The number of hydrogen-bond donors (Lipinski definition) is 0. The molecule has 25 heavy (non-hydrogen) atoms. The van der Waals surface area contributed by atoms with Crippen molar-refractivity contribution in [1.82, 2.24) is 15.0 Å². The number of carbonyl (C=O) groups excluding carboxylic acids is 2. The van der Waals surface area contributed by atoms with Crippen LogP contribution in [0.2, 0.25) is 0 Å². The summed E-state index contributed by atoms with van der Waals surface area (Å²) in [5.74, 6) is -0.0278. The zero-order valence-electron chi connectivity index (χ0n) is 13.8. The second-order valence-corrected chi connectivity index (χ2v) is 6.03. The number of aromatic nitrogens is 2. The highest BCUT2D eigenvalue weighted by Gasteiger charge is 2.40. The highest BCUT2D eigenvalue weighted by Crippen LogP contribution is 2.31. The van der Waals surface area contributed by atoms with Crippen molar-refractivity contribution in [1.29, 1.82) is 0 Å². The lowest BCUT2D eigenvalue weighted by atomic mass is 10.1. The van der Waals surface area contributed by atoms with Crippen LogP contribution in [0.1, 0.15) is 45.1 Å². The van der Waals surface area contributed by atoms with Gasteiger partial charge in [-0.05, 0) is 32.0 Å². The normalized spacial score (nSPS) is 14.7. The van der Waals surface area contributed by atoms with Crippen LogP contribution in [0.5, 0.6) is 0 Å². The van der Waals surface area contributed by atoms with Crippen LogP contribution < -0.4 is 0 Å². The molecule has 1 unspecified atom stereocenters. The van der Waals surface area contributed by atoms with E-state index in [1.165, 1.54) is 0 Å². The lowest BCUT2D eigenvalue weighted by molar-refractivity contribution is 0.0568. The molecule has 1 aliphatic rings. The number of aryl methyl sites for hydroxylation is 1. The summed E-state index contributed by atoms with van der Waals surface area (Å²) in [6.07, 6.45) is 0. The second-order valence-electron chi connectivity index (χ2n) is 6.03. The number of imide groups is 1. The fourth-order valence-electron chi connectivity index (χ4n) is 2.98. The Morgan fingerprint density at radius 1 is 1.00 bits per heavy atom. The Morgan fingerprint density at radius 3 is 2.32 bits per heavy atom. The molecule has 0 spiro atoms. The van der Waals surface area contributed by atoms with Crippen molar-refractivity contribution in [2.45, 2.75) is 19.9 Å². The van der Waals surface area contributed by atoms with Crippen molar-refractivity contribution in [3.05, 3.63) is 71.1 Å². The molecule has 0 N–H and O–H groups in total. The molecule has 2 amide bonds. The van der Waals surface area contributed by atoms with Crippen molar-refractivity contribution in [3.8, 4) is 11.4 Å². The third kappa shape index (κ3) is 2.42. The first kappa shape index (κ1) is 15.3. The number of benzene rings is 2. The van der Waals surface area contributed by atoms with Crippen molar-refractivity contribution < 1.29 is 14.1 Å². The minimum absolute atomic E-state index is 0.228. The van der Waals surface area contributed by atoms with Gasteiger partial charge in [-0.15, -0.1) is 0 Å². The molecule has 1 aliphatic heterocycles. The standard InChI is InChI=1S/C19H15N3O3/c1-11-6-5-7-13(10-11)16-20-17(25-21-16)12(2)22-18(23)14-8-3-4-9-15(14)19(22)24/h3-10,12H,1-2H3. The molecule has 0 radical (unpaired) electrons. The van der Waals surface area contributed by atoms with Crippen molar-refractivity contribution in [3.63, 3.8) is 0 Å². The van der Waals surface area contributed by atoms with E-state index in [1.54, 1.807) is 31.2 Å². The fourth-order valence-corrected chi connectivity index (χ4v) is 2.98. The van der Waals surface area contributed by atoms with E-state index in [0.29, 0.717) is 17.0 Å². The Labute approximate surface area is 144 Å². The lowest BCUT2D eigenvalue weighted by Crippen LogP contribution is -2.32. The molecular weight excluding hydrogens is 318 g/mol. The molecule has 4 rings (SSSR count). The number of carbonyl (C=O) groups is 2. The van der Waals surface area contributed by atoms with Gasteiger partial charge in [0.25, 0.3) is 11.8 Å². The third-order valence-electron chi connectivity index (χ3n) is 4.29. The van der Waals surface area contributed by atoms with E-state index in [4.69, 9.17) is 4.52 Å². The number of amides is 2. The molecule has 124 valence electrons. The van der Waals surface area contributed by atoms with Crippen LogP contribution in [0.3, 0.4) is 0 Å². The van der Waals surface area contributed by atoms with Gasteiger partial charge in [-0.25, -0.2) is 0 Å². The van der Waals surface area contributed by atoms with Crippen molar-refractivity contribution in [2.75, 3.05) is 0 Å². The van der Waals surface area contributed by atoms with E-state index in [9.17, 15) is 9.59 Å². The van der Waals surface area contributed by atoms with E-state index in [0.717, 1.165) is 16.0 Å². The minimum Gasteiger partial charge on any atom is -0.337 e. The first-order valence-corrected chi connectivity index (χ1v) is 7.94. The van der Waals surface area contributed by atoms with E-state index < -0.39 is 6.04 Å². The van der Waals surface area contributed by atoms with Crippen LogP contribution in [0.4, 0.5) is 0 Å². The molecule has 3 aromatic rings. The van der Waals surface area contributed by atoms with Crippen LogP contribution >= 0.6 is 0 Å². The van der Waals surface area contributed by atoms with Crippen LogP contribution in [0, 0.1) is 6.92 Å². The van der Waals surface area contributed by atoms with Gasteiger partial charge in [0.1, 0.15) is 6.04 Å². The van der Waals surface area contributed by atoms with Gasteiger partial charge in [0.05, 0.1) is 11.1 Å². The number of hydrogen-bond acceptors (Lipinski definition) is 5. The molecule has 0 bridgehead atoms. The monoisotopic (exact) mass is 333 g/mol. The highest BCUT2D eigenvalue weighted by atomic mass is 16.5. The average molecular weight is 333 g/mol. The quantitative estimate of drug-likeness (QED) is 0.687. The number of fused-ring (bicyclic) bond motifs is 1. The third-order valence-corrected chi connectivity index (χ3v) is 4.29. The minimum atomic E-state index is -0.640. The summed E-state index contributed by atoms with van der Waals surface area (Å²) >= 11 is 0. The van der Waals surface area contributed by atoms with Gasteiger partial charge in [0, 0.05) is 5.56 Å². The Morgan fingerprint density at radius 2 is 1.68 bits per heavy atom. The molecule has 0 saturated heterocycles. The molecule has 0 aliphatic carbocycles. The number of rotatable bonds is 3. The van der Waals surface area contributed by atoms with Gasteiger partial charge >= 0.3 is 0 Å². The SMILES string of the molecule is Cc1cccc(-c2noc(C(C)N3C(=O)c4ccccc4C3=O)n2)c1. The molecule has 6 nitrogen and oxygen atoms in total. The predicted molar refractivity (Wildman–Crippen MR) is 89.8 cm³/mol. The summed E-state index contributed by atoms with van der Waals surface area (Å²) < 4.78 is 5.32. The first-order valence-electron chi connectivity index (χ1n) is 7.94. The summed E-state index contributed by atoms with van der Waals surface area (Å²) in [6.45, 7) is 3.68. The maximum absolute atomic E-state index is 12.6. The topological polar surface area (TPSA) is 76.3 Å². The van der Waals surface area contributed by atoms with E-state index in [1.807, 2.05) is 31.2 Å². The number of nitrogens with zero attached hydrogens (tertiary/aromatic N) is 3. The molecule has 0 fully saturated rings. The van der Waals surface area contributed by atoms with Crippen LogP contribution in [0.25, 0.3) is 11.4 Å². The smallest absolute Gasteiger partial charge is 0.262 e. The molecule has 1 atom stereocenters. The Hall–Kier alpha value is -3.28. The van der Waals surface area contributed by atoms with Crippen LogP contribution in [-0.2, 0) is 0 Å². The lowest BCUT2D eigenvalue weighted by Gasteiger charge is -2.18. The predicted octanol–water partition coefficient (Wildman–Crippen LogP) is 3.40. The maximum atomic E-state index is 12.6. The van der Waals surface area contributed by atoms with E-state index >= 15 is 0 Å². The zero-order valence-corrected chi connectivity index (χ0v) is 13.8. The van der Waals surface area contributed by atoms with Gasteiger partial charge in [-0.1, -0.05) is 41.1 Å². The molecule has 2 heterocycles. The van der Waals surface area contributed by atoms with Gasteiger partial charge in [0.15, 0.2) is 0 Å². The fraction of sp³-hybridized carbons (Fsp3) is 0.158. The van der Waals surface area contributed by atoms with Gasteiger partial charge in [0.2, 0.25) is 11.7 Å². The Kier molecular flexibility index (Phi) is 3.46. The second kappa shape index (κ2) is 5.66. The molecule has 6 heteroatoms. The summed E-state index contributed by atoms with van der Waals surface area (Å²) in [5.41, 5.74) is 2.71. The Balaban J connectivity index is 1.66. The van der Waals surface area contributed by atoms with Crippen molar-refractivity contribution >= 4 is 11.8 Å². The molecule has 2 aromatic carbocycles. The van der Waals surface area contributed by atoms with Gasteiger partial charge in [-0.2, -0.15) is 4.98 Å². The summed E-state index contributed by atoms with van der Waals surface area (Å²) in [7, 11) is 0. The first-order chi connectivity index (χ1) is 12.1. The van der Waals surface area contributed by atoms with Crippen LogP contribution in [0.15, 0.2) is 53.1 Å². The Bertz CT molecular complexity index is 958. The highest BCUT2D eigenvalue weighted by molar-refractivity contribution is 6.21. The summed E-state index contributed by atoms with van der Waals surface area (Å²) in [6, 6.07) is 13.8. The molecule has 0 saturated carbocycles. The van der Waals surface area contributed by atoms with Crippen molar-refractivity contribution in [2.24, 2.45) is 0 Å². The van der Waals surface area contributed by atoms with Crippen LogP contribution in [-0.4, -0.2) is 26.9 Å². The summed E-state index contributed by atoms with van der Waals surface area (Å²) in [5, 5.41) is 3.98. The molecule has 1 aromatic heterocycles. The van der Waals surface area contributed by atoms with E-state index in [2.05, 4.69) is 10.1 Å². The summed E-state index contributed by atoms with van der Waals surface area (Å²) in [4.78, 5) is 30.7. The van der Waals surface area contributed by atoms with E-state index in [-0.39, 0.29) is 17.7 Å². The average Bonchev–Trinajstić information content (AvgIpc) is 3.20. The largest absolute Gasteiger partial charge is 0.337 e. The zero-order chi connectivity index (χ0) is 17.6.